The number of rotatable bonds is 3. The van der Waals surface area contributed by atoms with Crippen molar-refractivity contribution in [1.82, 2.24) is 19.5 Å². The van der Waals surface area contributed by atoms with Gasteiger partial charge in [-0.3, -0.25) is 4.57 Å². The number of benzene rings is 5. The third-order valence-electron chi connectivity index (χ3n) is 7.31. The van der Waals surface area contributed by atoms with Crippen LogP contribution in [0.15, 0.2) is 120 Å². The van der Waals surface area contributed by atoms with E-state index < -0.39 is 0 Å². The Morgan fingerprint density at radius 1 is 0.575 bits per heavy atom. The second-order valence-corrected chi connectivity index (χ2v) is 9.62. The molecule has 0 saturated heterocycles. The minimum absolute atomic E-state index is 0.536. The van der Waals surface area contributed by atoms with Crippen molar-refractivity contribution < 1.29 is 4.42 Å². The van der Waals surface area contributed by atoms with Gasteiger partial charge in [0.05, 0.1) is 22.7 Å². The molecule has 0 unspecified atom stereocenters. The number of hydrogen-bond acceptors (Lipinski definition) is 5. The Bertz CT molecular complexity index is 2240. The average Bonchev–Trinajstić information content (AvgIpc) is 3.56. The van der Waals surface area contributed by atoms with Crippen LogP contribution in [0.25, 0.3) is 72.5 Å². The fourth-order valence-corrected chi connectivity index (χ4v) is 5.51. The molecule has 0 bridgehead atoms. The number of fused-ring (bicyclic) bond motifs is 6. The Hall–Kier alpha value is -5.80. The number of aromatic nitrogens is 4. The van der Waals surface area contributed by atoms with Gasteiger partial charge in [-0.2, -0.15) is 15.2 Å². The lowest BCUT2D eigenvalue weighted by atomic mass is 10.1. The van der Waals surface area contributed by atoms with Crippen molar-refractivity contribution in [3.8, 4) is 34.8 Å². The van der Waals surface area contributed by atoms with Crippen LogP contribution in [-0.2, 0) is 0 Å². The third kappa shape index (κ3) is 3.32. The van der Waals surface area contributed by atoms with E-state index in [-0.39, 0.29) is 0 Å². The second-order valence-electron chi connectivity index (χ2n) is 9.62. The van der Waals surface area contributed by atoms with Gasteiger partial charge in [0.15, 0.2) is 11.6 Å². The molecule has 0 fully saturated rings. The SMILES string of the molecule is N#Cc1cccc2oc3cc(-c4nc(-c5ccccc5)nc(-n5c6ccccc6c6ccccc65)n4)ccc3c12. The van der Waals surface area contributed by atoms with Crippen LogP contribution in [0.2, 0.25) is 0 Å². The highest BCUT2D eigenvalue weighted by Gasteiger charge is 2.18. The predicted octanol–water partition coefficient (Wildman–Crippen LogP) is 8.07. The lowest BCUT2D eigenvalue weighted by Gasteiger charge is -2.10. The highest BCUT2D eigenvalue weighted by atomic mass is 16.3. The van der Waals surface area contributed by atoms with Gasteiger partial charge in [0.1, 0.15) is 11.2 Å². The van der Waals surface area contributed by atoms with Gasteiger partial charge >= 0.3 is 0 Å². The van der Waals surface area contributed by atoms with Crippen molar-refractivity contribution >= 4 is 43.7 Å². The fourth-order valence-electron chi connectivity index (χ4n) is 5.51. The molecule has 8 rings (SSSR count). The second kappa shape index (κ2) is 8.62. The smallest absolute Gasteiger partial charge is 0.238 e. The Kier molecular flexibility index (Phi) is 4.78. The van der Waals surface area contributed by atoms with Crippen molar-refractivity contribution in [2.75, 3.05) is 0 Å². The van der Waals surface area contributed by atoms with Gasteiger partial charge in [0.25, 0.3) is 0 Å². The van der Waals surface area contributed by atoms with E-state index in [4.69, 9.17) is 19.4 Å². The summed E-state index contributed by atoms with van der Waals surface area (Å²) < 4.78 is 8.26. The molecule has 0 amide bonds. The lowest BCUT2D eigenvalue weighted by molar-refractivity contribution is 0.669. The minimum Gasteiger partial charge on any atom is -0.456 e. The number of para-hydroxylation sites is 2. The summed E-state index contributed by atoms with van der Waals surface area (Å²) in [6.45, 7) is 0. The van der Waals surface area contributed by atoms with E-state index in [0.717, 1.165) is 43.7 Å². The summed E-state index contributed by atoms with van der Waals surface area (Å²) in [6.07, 6.45) is 0. The van der Waals surface area contributed by atoms with E-state index in [1.807, 2.05) is 84.9 Å². The Labute approximate surface area is 228 Å². The summed E-state index contributed by atoms with van der Waals surface area (Å²) in [5, 5.41) is 13.6. The molecule has 6 nitrogen and oxygen atoms in total. The molecule has 0 N–H and O–H groups in total. The van der Waals surface area contributed by atoms with E-state index in [1.165, 1.54) is 0 Å². The normalized spacial score (nSPS) is 11.5. The Morgan fingerprint density at radius 2 is 1.25 bits per heavy atom. The number of furan rings is 1. The largest absolute Gasteiger partial charge is 0.456 e. The monoisotopic (exact) mass is 513 g/mol. The first kappa shape index (κ1) is 22.2. The van der Waals surface area contributed by atoms with E-state index in [9.17, 15) is 5.26 Å². The van der Waals surface area contributed by atoms with Crippen LogP contribution in [0.5, 0.6) is 0 Å². The molecule has 3 aromatic heterocycles. The van der Waals surface area contributed by atoms with Gasteiger partial charge in [0.2, 0.25) is 5.95 Å². The van der Waals surface area contributed by atoms with Crippen LogP contribution < -0.4 is 0 Å². The first-order valence-corrected chi connectivity index (χ1v) is 12.9. The summed E-state index contributed by atoms with van der Waals surface area (Å²) in [6, 6.07) is 40.2. The minimum atomic E-state index is 0.536. The molecule has 0 aliphatic carbocycles. The van der Waals surface area contributed by atoms with Crippen LogP contribution in [0.3, 0.4) is 0 Å². The van der Waals surface area contributed by atoms with Gasteiger partial charge < -0.3 is 4.42 Å². The molecule has 6 heteroatoms. The van der Waals surface area contributed by atoms with Crippen molar-refractivity contribution in [2.24, 2.45) is 0 Å². The molecule has 186 valence electrons. The summed E-state index contributed by atoms with van der Waals surface area (Å²) in [4.78, 5) is 14.9. The zero-order chi connectivity index (χ0) is 26.6. The fraction of sp³-hybridized carbons (Fsp3) is 0. The molecule has 0 saturated carbocycles. The van der Waals surface area contributed by atoms with Gasteiger partial charge in [0, 0.05) is 32.7 Å². The zero-order valence-corrected chi connectivity index (χ0v) is 21.1. The van der Waals surface area contributed by atoms with Crippen molar-refractivity contribution in [3.05, 3.63) is 121 Å². The van der Waals surface area contributed by atoms with Crippen LogP contribution in [-0.4, -0.2) is 19.5 Å². The zero-order valence-electron chi connectivity index (χ0n) is 21.1. The molecule has 5 aromatic carbocycles. The molecule has 40 heavy (non-hydrogen) atoms. The average molecular weight is 514 g/mol. The summed E-state index contributed by atoms with van der Waals surface area (Å²) >= 11 is 0. The van der Waals surface area contributed by atoms with Crippen LogP contribution >= 0.6 is 0 Å². The molecule has 0 radical (unpaired) electrons. The topological polar surface area (TPSA) is 80.5 Å². The maximum atomic E-state index is 9.64. The van der Waals surface area contributed by atoms with E-state index in [0.29, 0.717) is 34.3 Å². The van der Waals surface area contributed by atoms with Crippen molar-refractivity contribution in [3.63, 3.8) is 0 Å². The van der Waals surface area contributed by atoms with Crippen LogP contribution in [0.4, 0.5) is 0 Å². The summed E-state index contributed by atoms with van der Waals surface area (Å²) in [7, 11) is 0. The Morgan fingerprint density at radius 3 is 1.98 bits per heavy atom. The molecular formula is C34H19N5O. The van der Waals surface area contributed by atoms with Gasteiger partial charge in [-0.25, -0.2) is 4.98 Å². The number of nitriles is 1. The summed E-state index contributed by atoms with van der Waals surface area (Å²) in [5.74, 6) is 1.66. The Balaban J connectivity index is 1.41. The number of hydrogen-bond donors (Lipinski definition) is 0. The van der Waals surface area contributed by atoms with E-state index in [1.54, 1.807) is 6.07 Å². The van der Waals surface area contributed by atoms with E-state index >= 15 is 0 Å². The highest BCUT2D eigenvalue weighted by molar-refractivity contribution is 6.09. The molecule has 0 atom stereocenters. The van der Waals surface area contributed by atoms with Crippen LogP contribution in [0, 0.1) is 11.3 Å². The molecule has 0 spiro atoms. The standard InChI is InChI=1S/C34H19N5O/c35-20-23-11-8-16-29-31(23)26-18-17-22(19-30(26)40-29)33-36-32(21-9-2-1-3-10-21)37-34(38-33)39-27-14-6-4-12-24(27)25-13-5-7-15-28(25)39/h1-19H. The molecular weight excluding hydrogens is 494 g/mol. The maximum Gasteiger partial charge on any atom is 0.238 e. The van der Waals surface area contributed by atoms with Crippen molar-refractivity contribution in [1.29, 1.82) is 5.26 Å². The third-order valence-corrected chi connectivity index (χ3v) is 7.31. The van der Waals surface area contributed by atoms with Crippen molar-refractivity contribution in [2.45, 2.75) is 0 Å². The predicted molar refractivity (Wildman–Crippen MR) is 157 cm³/mol. The molecule has 8 aromatic rings. The van der Waals surface area contributed by atoms with Gasteiger partial charge in [-0.15, -0.1) is 0 Å². The number of nitrogens with zero attached hydrogens (tertiary/aromatic N) is 5. The first-order chi connectivity index (χ1) is 19.8. The highest BCUT2D eigenvalue weighted by Crippen LogP contribution is 2.35. The van der Waals surface area contributed by atoms with Gasteiger partial charge in [-0.05, 0) is 36.4 Å². The van der Waals surface area contributed by atoms with E-state index in [2.05, 4.69) is 34.9 Å². The van der Waals surface area contributed by atoms with Gasteiger partial charge in [-0.1, -0.05) is 78.9 Å². The maximum absolute atomic E-state index is 9.64. The molecule has 3 heterocycles. The van der Waals surface area contributed by atoms with Crippen LogP contribution in [0.1, 0.15) is 5.56 Å². The quantitative estimate of drug-likeness (QED) is 0.239. The first-order valence-electron chi connectivity index (χ1n) is 12.9. The molecule has 0 aliphatic heterocycles. The molecule has 0 aliphatic rings. The lowest BCUT2D eigenvalue weighted by Crippen LogP contribution is -2.06. The summed E-state index contributed by atoms with van der Waals surface area (Å²) in [5.41, 5.74) is 5.69.